The maximum atomic E-state index is 12.4. The first kappa shape index (κ1) is 17.8. The van der Waals surface area contributed by atoms with Gasteiger partial charge in [0.05, 0.1) is 0 Å². The Labute approximate surface area is 162 Å². The van der Waals surface area contributed by atoms with E-state index in [1.54, 1.807) is 0 Å². The van der Waals surface area contributed by atoms with Crippen molar-refractivity contribution in [2.45, 2.75) is 45.1 Å². The largest absolute Gasteiger partial charge is 0.367 e. The van der Waals surface area contributed by atoms with Gasteiger partial charge < -0.3 is 10.2 Å². The van der Waals surface area contributed by atoms with Gasteiger partial charge in [-0.3, -0.25) is 4.79 Å². The maximum absolute atomic E-state index is 12.4. The summed E-state index contributed by atoms with van der Waals surface area (Å²) in [4.78, 5) is 14.9. The van der Waals surface area contributed by atoms with Crippen LogP contribution in [0.2, 0.25) is 0 Å². The Hall–Kier alpha value is -2.55. The van der Waals surface area contributed by atoms with Crippen LogP contribution in [0.5, 0.6) is 0 Å². The lowest BCUT2D eigenvalue weighted by atomic mass is 9.99. The summed E-state index contributed by atoms with van der Waals surface area (Å²) in [5, 5.41) is 3.06. The number of para-hydroxylation sites is 1. The maximum Gasteiger partial charge on any atom is 0.251 e. The number of rotatable bonds is 5. The van der Waals surface area contributed by atoms with Crippen LogP contribution in [0, 0.1) is 0 Å². The highest BCUT2D eigenvalue weighted by Crippen LogP contribution is 2.28. The van der Waals surface area contributed by atoms with Crippen molar-refractivity contribution < 1.29 is 4.79 Å². The quantitative estimate of drug-likeness (QED) is 0.772. The van der Waals surface area contributed by atoms with E-state index in [4.69, 9.17) is 0 Å². The molecule has 0 unspecified atom stereocenters. The Kier molecular flexibility index (Phi) is 5.57. The molecule has 0 spiro atoms. The van der Waals surface area contributed by atoms with E-state index in [1.165, 1.54) is 48.1 Å². The molecule has 0 saturated carbocycles. The van der Waals surface area contributed by atoms with E-state index in [2.05, 4.69) is 52.7 Å². The van der Waals surface area contributed by atoms with E-state index < -0.39 is 0 Å². The van der Waals surface area contributed by atoms with E-state index in [0.717, 1.165) is 31.5 Å². The number of benzene rings is 2. The van der Waals surface area contributed by atoms with Crippen LogP contribution in [0.3, 0.4) is 0 Å². The van der Waals surface area contributed by atoms with Crippen LogP contribution < -0.4 is 10.2 Å². The number of fused-ring (bicyclic) bond motifs is 1. The number of hydrogen-bond donors (Lipinski definition) is 1. The Balaban J connectivity index is 1.36. The van der Waals surface area contributed by atoms with E-state index in [-0.39, 0.29) is 5.91 Å². The molecule has 1 amide bonds. The zero-order valence-electron chi connectivity index (χ0n) is 15.9. The second-order valence-corrected chi connectivity index (χ2v) is 7.64. The van der Waals surface area contributed by atoms with Gasteiger partial charge >= 0.3 is 0 Å². The molecule has 2 aromatic rings. The van der Waals surface area contributed by atoms with Gasteiger partial charge in [0.1, 0.15) is 0 Å². The van der Waals surface area contributed by atoms with E-state index in [9.17, 15) is 4.79 Å². The molecule has 0 saturated heterocycles. The van der Waals surface area contributed by atoms with Gasteiger partial charge in [-0.25, -0.2) is 0 Å². The Morgan fingerprint density at radius 1 is 0.963 bits per heavy atom. The van der Waals surface area contributed by atoms with Crippen molar-refractivity contribution in [3.8, 4) is 0 Å². The average Bonchev–Trinajstić information content (AvgIpc) is 2.74. The van der Waals surface area contributed by atoms with Crippen LogP contribution in [-0.2, 0) is 13.0 Å². The predicted octanol–water partition coefficient (Wildman–Crippen LogP) is 4.87. The van der Waals surface area contributed by atoms with Gasteiger partial charge in [0.25, 0.3) is 5.91 Å². The van der Waals surface area contributed by atoms with E-state index in [0.29, 0.717) is 6.54 Å². The van der Waals surface area contributed by atoms with Crippen molar-refractivity contribution in [1.29, 1.82) is 0 Å². The minimum Gasteiger partial charge on any atom is -0.367 e. The van der Waals surface area contributed by atoms with Gasteiger partial charge in [0, 0.05) is 30.9 Å². The monoisotopic (exact) mass is 360 g/mol. The highest BCUT2D eigenvalue weighted by atomic mass is 16.1. The topological polar surface area (TPSA) is 32.3 Å². The lowest BCUT2D eigenvalue weighted by Crippen LogP contribution is -2.29. The second-order valence-electron chi connectivity index (χ2n) is 7.64. The molecule has 3 nitrogen and oxygen atoms in total. The standard InChI is InChI=1S/C24H28N2O/c27-24(25-17-19-7-2-1-3-8-19)22-14-12-20(13-15-22)18-26-16-6-10-21-9-4-5-11-23(21)26/h4-5,7,9,11-15H,1-3,6,8,10,16-18H2,(H,25,27). The van der Waals surface area contributed by atoms with Gasteiger partial charge in [-0.1, -0.05) is 42.0 Å². The molecular weight excluding hydrogens is 332 g/mol. The SMILES string of the molecule is O=C(NCC1=CCCCC1)c1ccc(CN2CCCc3ccccc32)cc1. The molecule has 1 heterocycles. The van der Waals surface area contributed by atoms with Crippen LogP contribution in [0.4, 0.5) is 5.69 Å². The number of nitrogens with zero attached hydrogens (tertiary/aromatic N) is 1. The molecule has 0 atom stereocenters. The molecule has 27 heavy (non-hydrogen) atoms. The first-order chi connectivity index (χ1) is 13.3. The van der Waals surface area contributed by atoms with Crippen molar-refractivity contribution in [3.05, 3.63) is 76.9 Å². The third-order valence-corrected chi connectivity index (χ3v) is 5.66. The predicted molar refractivity (Wildman–Crippen MR) is 111 cm³/mol. The second kappa shape index (κ2) is 8.43. The van der Waals surface area contributed by atoms with Crippen molar-refractivity contribution in [2.75, 3.05) is 18.0 Å². The molecule has 0 radical (unpaired) electrons. The lowest BCUT2D eigenvalue weighted by molar-refractivity contribution is 0.0956. The molecular formula is C24H28N2O. The number of nitrogens with one attached hydrogen (secondary N) is 1. The zero-order valence-corrected chi connectivity index (χ0v) is 15.9. The molecule has 2 aromatic carbocycles. The fraction of sp³-hybridized carbons (Fsp3) is 0.375. The number of anilines is 1. The third-order valence-electron chi connectivity index (χ3n) is 5.66. The van der Waals surface area contributed by atoms with Gasteiger partial charge in [0.15, 0.2) is 0 Å². The lowest BCUT2D eigenvalue weighted by Gasteiger charge is -2.31. The fourth-order valence-corrected chi connectivity index (χ4v) is 4.12. The van der Waals surface area contributed by atoms with E-state index >= 15 is 0 Å². The molecule has 0 bridgehead atoms. The Morgan fingerprint density at radius 2 is 1.81 bits per heavy atom. The van der Waals surface area contributed by atoms with Crippen LogP contribution in [0.1, 0.15) is 53.6 Å². The molecule has 4 rings (SSSR count). The number of amides is 1. The van der Waals surface area contributed by atoms with Crippen LogP contribution >= 0.6 is 0 Å². The van der Waals surface area contributed by atoms with Gasteiger partial charge in [-0.2, -0.15) is 0 Å². The Bertz CT molecular complexity index is 823. The third kappa shape index (κ3) is 4.41. The number of carbonyl (C=O) groups excluding carboxylic acids is 1. The number of carbonyl (C=O) groups is 1. The first-order valence-corrected chi connectivity index (χ1v) is 10.2. The summed E-state index contributed by atoms with van der Waals surface area (Å²) >= 11 is 0. The normalized spacial score (nSPS) is 16.4. The van der Waals surface area contributed by atoms with Gasteiger partial charge in [-0.05, 0) is 67.9 Å². The molecule has 1 N–H and O–H groups in total. The average molecular weight is 361 g/mol. The summed E-state index contributed by atoms with van der Waals surface area (Å²) in [7, 11) is 0. The van der Waals surface area contributed by atoms with E-state index in [1.807, 2.05) is 12.1 Å². The highest BCUT2D eigenvalue weighted by Gasteiger charge is 2.16. The summed E-state index contributed by atoms with van der Waals surface area (Å²) in [5.41, 5.74) is 6.16. The molecule has 140 valence electrons. The van der Waals surface area contributed by atoms with Crippen molar-refractivity contribution in [1.82, 2.24) is 5.32 Å². The summed E-state index contributed by atoms with van der Waals surface area (Å²) < 4.78 is 0. The van der Waals surface area contributed by atoms with Gasteiger partial charge in [0.2, 0.25) is 0 Å². The Morgan fingerprint density at radius 3 is 2.63 bits per heavy atom. The van der Waals surface area contributed by atoms with Crippen LogP contribution in [-0.4, -0.2) is 19.0 Å². The molecule has 1 aliphatic heterocycles. The minimum atomic E-state index is 0.0244. The van der Waals surface area contributed by atoms with Crippen molar-refractivity contribution >= 4 is 11.6 Å². The van der Waals surface area contributed by atoms with Crippen molar-refractivity contribution in [3.63, 3.8) is 0 Å². The van der Waals surface area contributed by atoms with Crippen molar-refractivity contribution in [2.24, 2.45) is 0 Å². The molecule has 2 aliphatic rings. The zero-order chi connectivity index (χ0) is 18.5. The molecule has 0 aromatic heterocycles. The first-order valence-electron chi connectivity index (χ1n) is 10.2. The highest BCUT2D eigenvalue weighted by molar-refractivity contribution is 5.94. The summed E-state index contributed by atoms with van der Waals surface area (Å²) in [6.45, 7) is 2.67. The minimum absolute atomic E-state index is 0.0244. The molecule has 0 fully saturated rings. The molecule has 1 aliphatic carbocycles. The number of hydrogen-bond acceptors (Lipinski definition) is 2. The summed E-state index contributed by atoms with van der Waals surface area (Å²) in [5.74, 6) is 0.0244. The molecule has 3 heteroatoms. The summed E-state index contributed by atoms with van der Waals surface area (Å²) in [6, 6.07) is 16.8. The smallest absolute Gasteiger partial charge is 0.251 e. The van der Waals surface area contributed by atoms with Crippen LogP contribution in [0.15, 0.2) is 60.2 Å². The number of aryl methyl sites for hydroxylation is 1. The van der Waals surface area contributed by atoms with Gasteiger partial charge in [-0.15, -0.1) is 0 Å². The van der Waals surface area contributed by atoms with Crippen LogP contribution in [0.25, 0.3) is 0 Å². The summed E-state index contributed by atoms with van der Waals surface area (Å²) in [6.07, 6.45) is 9.45. The number of allylic oxidation sites excluding steroid dienone is 1. The fourth-order valence-electron chi connectivity index (χ4n) is 4.12.